The summed E-state index contributed by atoms with van der Waals surface area (Å²) in [6.45, 7) is 13.8. The highest BCUT2D eigenvalue weighted by Gasteiger charge is 2.72. The van der Waals surface area contributed by atoms with Gasteiger partial charge in [-0.3, -0.25) is 14.7 Å². The van der Waals surface area contributed by atoms with Gasteiger partial charge in [0.25, 0.3) is 0 Å². The first-order valence-corrected chi connectivity index (χ1v) is 21.7. The van der Waals surface area contributed by atoms with E-state index in [4.69, 9.17) is 15.3 Å². The molecule has 0 bridgehead atoms. The molecule has 0 saturated carbocycles. The van der Waals surface area contributed by atoms with E-state index in [2.05, 4.69) is 56.2 Å². The smallest absolute Gasteiger partial charge is 0.340 e. The molecule has 0 aromatic rings. The molecule has 0 aliphatic carbocycles. The molecule has 296 valence electrons. The molecule has 50 heavy (non-hydrogen) atoms. The SMILES string of the molecule is CCCCCC1C(CCCCC)N1CC(C(=O)O)(N1C(CCCCC)C1CCCCC)N1C(CCCCC)C1CCCCC.OCC(O)CO. The van der Waals surface area contributed by atoms with E-state index in [9.17, 15) is 9.90 Å². The van der Waals surface area contributed by atoms with E-state index in [1.165, 1.54) is 154 Å². The summed E-state index contributed by atoms with van der Waals surface area (Å²) in [4.78, 5) is 22.0. The number of hydrogen-bond donors (Lipinski definition) is 4. The number of hydrogen-bond acceptors (Lipinski definition) is 7. The maximum Gasteiger partial charge on any atom is 0.340 e. The van der Waals surface area contributed by atoms with Gasteiger partial charge in [-0.05, 0) is 38.5 Å². The molecule has 3 saturated heterocycles. The summed E-state index contributed by atoms with van der Waals surface area (Å²) in [6, 6.07) is 2.95. The Balaban J connectivity index is 0.00000132. The van der Waals surface area contributed by atoms with Crippen molar-refractivity contribution in [1.29, 1.82) is 0 Å². The number of carbonyl (C=O) groups is 1. The maximum atomic E-state index is 14.1. The zero-order valence-electron chi connectivity index (χ0n) is 33.7. The van der Waals surface area contributed by atoms with Gasteiger partial charge in [-0.25, -0.2) is 4.79 Å². The van der Waals surface area contributed by atoms with Gasteiger partial charge >= 0.3 is 5.97 Å². The first-order chi connectivity index (χ1) is 24.3. The fraction of sp³-hybridized carbons (Fsp3) is 0.976. The predicted octanol–water partition coefficient (Wildman–Crippen LogP) is 8.74. The molecule has 0 spiro atoms. The molecule has 4 N–H and O–H groups in total. The highest BCUT2D eigenvalue weighted by atomic mass is 16.4. The van der Waals surface area contributed by atoms with Crippen LogP contribution in [0.4, 0.5) is 0 Å². The number of rotatable bonds is 31. The van der Waals surface area contributed by atoms with E-state index < -0.39 is 17.7 Å². The third-order valence-electron chi connectivity index (χ3n) is 12.0. The molecule has 3 aliphatic rings. The lowest BCUT2D eigenvalue weighted by atomic mass is 10.1. The summed E-state index contributed by atoms with van der Waals surface area (Å²) in [5.41, 5.74) is -0.857. The van der Waals surface area contributed by atoms with Gasteiger partial charge in [0.15, 0.2) is 5.66 Å². The molecule has 3 fully saturated rings. The standard InChI is InChI=1S/C39H75N3O2.C3H8O3/c1-7-13-19-25-32-33(26-20-14-8-2)40(32)31-39(38(43)44,41-34(27-21-15-9-3)35(41)28-22-16-10-4)42-36(29-23-17-11-5)37(42)30-24-18-12-6;4-1-3(6)2-5/h32-37H,7-31H2,1-6H3,(H,43,44);3-6H,1-2H2. The molecule has 3 heterocycles. The predicted molar refractivity (Wildman–Crippen MR) is 209 cm³/mol. The number of aliphatic hydroxyl groups is 3. The van der Waals surface area contributed by atoms with Crippen molar-refractivity contribution >= 4 is 5.97 Å². The molecular weight excluding hydrogens is 626 g/mol. The number of unbranched alkanes of at least 4 members (excludes halogenated alkanes) is 12. The Morgan fingerprint density at radius 3 is 0.960 bits per heavy atom. The Morgan fingerprint density at radius 2 is 0.760 bits per heavy atom. The van der Waals surface area contributed by atoms with Gasteiger partial charge in [0.1, 0.15) is 6.10 Å². The first kappa shape index (κ1) is 45.4. The summed E-state index contributed by atoms with van der Waals surface area (Å²) in [5, 5.41) is 35.6. The van der Waals surface area contributed by atoms with Crippen LogP contribution < -0.4 is 0 Å². The van der Waals surface area contributed by atoms with Crippen molar-refractivity contribution in [2.75, 3.05) is 19.8 Å². The third-order valence-corrected chi connectivity index (χ3v) is 12.0. The molecule has 6 unspecified atom stereocenters. The largest absolute Gasteiger partial charge is 0.479 e. The van der Waals surface area contributed by atoms with Crippen LogP contribution in [0.2, 0.25) is 0 Å². The van der Waals surface area contributed by atoms with E-state index in [0.717, 1.165) is 6.54 Å². The highest BCUT2D eigenvalue weighted by molar-refractivity contribution is 5.80. The van der Waals surface area contributed by atoms with Crippen molar-refractivity contribution in [3.8, 4) is 0 Å². The van der Waals surface area contributed by atoms with Crippen LogP contribution in [0.1, 0.15) is 196 Å². The quantitative estimate of drug-likeness (QED) is 0.0418. The minimum absolute atomic E-state index is 0.365. The van der Waals surface area contributed by atoms with E-state index in [0.29, 0.717) is 36.3 Å². The second-order valence-electron chi connectivity index (χ2n) is 16.0. The van der Waals surface area contributed by atoms with Crippen LogP contribution in [0.15, 0.2) is 0 Å². The third kappa shape index (κ3) is 13.6. The van der Waals surface area contributed by atoms with Crippen molar-refractivity contribution in [3.63, 3.8) is 0 Å². The Bertz CT molecular complexity index is 788. The van der Waals surface area contributed by atoms with Crippen LogP contribution in [0, 0.1) is 0 Å². The lowest BCUT2D eigenvalue weighted by molar-refractivity contribution is -0.157. The molecule has 8 heteroatoms. The van der Waals surface area contributed by atoms with Gasteiger partial charge in [0, 0.05) is 42.8 Å². The summed E-state index contributed by atoms with van der Waals surface area (Å²) in [7, 11) is 0. The number of nitrogens with zero attached hydrogens (tertiary/aromatic N) is 3. The first-order valence-electron chi connectivity index (χ1n) is 21.7. The van der Waals surface area contributed by atoms with Gasteiger partial charge in [-0.15, -0.1) is 0 Å². The van der Waals surface area contributed by atoms with Gasteiger partial charge in [-0.1, -0.05) is 157 Å². The minimum atomic E-state index is -0.954. The van der Waals surface area contributed by atoms with Gasteiger partial charge in [-0.2, -0.15) is 0 Å². The number of aliphatic carboxylic acids is 1. The number of carboxylic acids is 1. The van der Waals surface area contributed by atoms with Gasteiger partial charge in [0.2, 0.25) is 0 Å². The molecule has 0 radical (unpaired) electrons. The molecule has 0 amide bonds. The second kappa shape index (κ2) is 25.3. The fourth-order valence-electron chi connectivity index (χ4n) is 8.95. The minimum Gasteiger partial charge on any atom is -0.479 e. The lowest BCUT2D eigenvalue weighted by Crippen LogP contribution is -2.60. The molecule has 3 aliphatic heterocycles. The monoisotopic (exact) mass is 710 g/mol. The van der Waals surface area contributed by atoms with Crippen molar-refractivity contribution in [2.45, 2.75) is 244 Å². The van der Waals surface area contributed by atoms with Crippen LogP contribution in [0.5, 0.6) is 0 Å². The Kier molecular flexibility index (Phi) is 23.0. The fourth-order valence-corrected chi connectivity index (χ4v) is 8.95. The summed E-state index contributed by atoms with van der Waals surface area (Å²) >= 11 is 0. The molecule has 0 aromatic carbocycles. The van der Waals surface area contributed by atoms with Crippen LogP contribution in [0.25, 0.3) is 0 Å². The van der Waals surface area contributed by atoms with E-state index in [1.807, 2.05) is 0 Å². The zero-order chi connectivity index (χ0) is 36.9. The summed E-state index contributed by atoms with van der Waals surface area (Å²) < 4.78 is 0. The summed E-state index contributed by atoms with van der Waals surface area (Å²) in [5.74, 6) is -0.541. The normalized spacial score (nSPS) is 29.4. The summed E-state index contributed by atoms with van der Waals surface area (Å²) in [6.07, 6.45) is 28.9. The Morgan fingerprint density at radius 1 is 0.500 bits per heavy atom. The average Bonchev–Trinajstić information content (AvgIpc) is 4.07. The second-order valence-corrected chi connectivity index (χ2v) is 16.0. The van der Waals surface area contributed by atoms with E-state index >= 15 is 0 Å². The van der Waals surface area contributed by atoms with E-state index in [-0.39, 0.29) is 13.2 Å². The molecule has 3 rings (SSSR count). The zero-order valence-corrected chi connectivity index (χ0v) is 33.7. The van der Waals surface area contributed by atoms with E-state index in [1.54, 1.807) is 0 Å². The topological polar surface area (TPSA) is 107 Å². The molecule has 8 nitrogen and oxygen atoms in total. The van der Waals surface area contributed by atoms with Crippen LogP contribution in [-0.4, -0.2) is 109 Å². The Labute approximate surface area is 308 Å². The van der Waals surface area contributed by atoms with Gasteiger partial charge < -0.3 is 20.4 Å². The van der Waals surface area contributed by atoms with Gasteiger partial charge in [0.05, 0.1) is 13.2 Å². The Hall–Kier alpha value is -0.770. The molecule has 0 aromatic heterocycles. The molecule has 6 atom stereocenters. The maximum absolute atomic E-state index is 14.1. The van der Waals surface area contributed by atoms with Crippen molar-refractivity contribution in [1.82, 2.24) is 14.7 Å². The van der Waals surface area contributed by atoms with Crippen molar-refractivity contribution < 1.29 is 25.2 Å². The van der Waals surface area contributed by atoms with Crippen LogP contribution in [-0.2, 0) is 4.79 Å². The van der Waals surface area contributed by atoms with Crippen LogP contribution >= 0.6 is 0 Å². The number of carboxylic acid groups (broad SMARTS) is 1. The molecular formula is C42H83N3O5. The number of aliphatic hydroxyl groups excluding tert-OH is 3. The average molecular weight is 710 g/mol. The highest BCUT2D eigenvalue weighted by Crippen LogP contribution is 2.54. The van der Waals surface area contributed by atoms with Crippen molar-refractivity contribution in [3.05, 3.63) is 0 Å². The lowest BCUT2D eigenvalue weighted by Gasteiger charge is -2.36. The van der Waals surface area contributed by atoms with Crippen molar-refractivity contribution in [2.24, 2.45) is 0 Å². The van der Waals surface area contributed by atoms with Crippen LogP contribution in [0.3, 0.4) is 0 Å².